The van der Waals surface area contributed by atoms with Crippen LogP contribution in [0.4, 0.5) is 5.69 Å². The number of aromatic carboxylic acids is 1. The molecule has 1 rings (SSSR count). The lowest BCUT2D eigenvalue weighted by molar-refractivity contribution is 0.0696. The Morgan fingerprint density at radius 2 is 2.36 bits per heavy atom. The predicted octanol–water partition coefficient (Wildman–Crippen LogP) is 2.75. The van der Waals surface area contributed by atoms with Gasteiger partial charge in [-0.25, -0.2) is 4.79 Å². The Morgan fingerprint density at radius 1 is 1.64 bits per heavy atom. The molecule has 0 aliphatic heterocycles. The molecule has 0 amide bonds. The number of hydrogen-bond acceptors (Lipinski definition) is 2. The third-order valence-electron chi connectivity index (χ3n) is 1.65. The molecule has 3 nitrogen and oxygen atoms in total. The molecule has 0 saturated carbocycles. The van der Waals surface area contributed by atoms with Crippen molar-refractivity contribution in [3.8, 4) is 0 Å². The van der Waals surface area contributed by atoms with E-state index >= 15 is 0 Å². The molecule has 74 valence electrons. The lowest BCUT2D eigenvalue weighted by atomic mass is 10.2. The third kappa shape index (κ3) is 2.60. The van der Waals surface area contributed by atoms with Crippen molar-refractivity contribution < 1.29 is 9.90 Å². The van der Waals surface area contributed by atoms with Gasteiger partial charge >= 0.3 is 5.97 Å². The van der Waals surface area contributed by atoms with Crippen LogP contribution in [0.5, 0.6) is 0 Å². The average Bonchev–Trinajstić information content (AvgIpc) is 2.14. The van der Waals surface area contributed by atoms with Crippen molar-refractivity contribution in [2.24, 2.45) is 0 Å². The largest absolute Gasteiger partial charge is 0.478 e. The summed E-state index contributed by atoms with van der Waals surface area (Å²) < 4.78 is 0.569. The summed E-state index contributed by atoms with van der Waals surface area (Å²) in [4.78, 5) is 10.7. The van der Waals surface area contributed by atoms with E-state index in [0.717, 1.165) is 5.69 Å². The molecule has 0 heterocycles. The highest BCUT2D eigenvalue weighted by Crippen LogP contribution is 2.21. The van der Waals surface area contributed by atoms with Crippen molar-refractivity contribution in [1.82, 2.24) is 0 Å². The van der Waals surface area contributed by atoms with Crippen LogP contribution in [0.2, 0.25) is 0 Å². The summed E-state index contributed by atoms with van der Waals surface area (Å²) in [6.45, 7) is 4.23. The summed E-state index contributed by atoms with van der Waals surface area (Å²) in [5.41, 5.74) is 1.12. The Hall–Kier alpha value is -1.29. The molecule has 1 aromatic carbocycles. The van der Waals surface area contributed by atoms with Gasteiger partial charge < -0.3 is 10.4 Å². The van der Waals surface area contributed by atoms with Crippen LogP contribution >= 0.6 is 15.9 Å². The van der Waals surface area contributed by atoms with Crippen molar-refractivity contribution in [1.29, 1.82) is 0 Å². The molecule has 1 aromatic rings. The van der Waals surface area contributed by atoms with Gasteiger partial charge in [-0.1, -0.05) is 6.08 Å². The number of hydrogen-bond donors (Lipinski definition) is 2. The van der Waals surface area contributed by atoms with E-state index in [4.69, 9.17) is 5.11 Å². The summed E-state index contributed by atoms with van der Waals surface area (Å²) in [6.07, 6.45) is 1.74. The first kappa shape index (κ1) is 10.8. The van der Waals surface area contributed by atoms with E-state index in [1.165, 1.54) is 0 Å². The number of carboxylic acids is 1. The van der Waals surface area contributed by atoms with Crippen LogP contribution in [0.1, 0.15) is 10.4 Å². The molecule has 2 N–H and O–H groups in total. The van der Waals surface area contributed by atoms with E-state index in [9.17, 15) is 4.79 Å². The van der Waals surface area contributed by atoms with Gasteiger partial charge in [0.15, 0.2) is 0 Å². The van der Waals surface area contributed by atoms with Crippen molar-refractivity contribution in [3.05, 3.63) is 40.9 Å². The quantitative estimate of drug-likeness (QED) is 0.814. The topological polar surface area (TPSA) is 49.3 Å². The molecule has 0 atom stereocenters. The number of halogens is 1. The zero-order valence-corrected chi connectivity index (χ0v) is 9.04. The SMILES string of the molecule is C=CCNc1ccc(C(=O)O)c(Br)c1. The summed E-state index contributed by atoms with van der Waals surface area (Å²) in [5.74, 6) is -0.938. The molecular weight excluding hydrogens is 246 g/mol. The van der Waals surface area contributed by atoms with Crippen molar-refractivity contribution >= 4 is 27.6 Å². The first-order valence-electron chi connectivity index (χ1n) is 4.02. The number of nitrogens with one attached hydrogen (secondary N) is 1. The number of rotatable bonds is 4. The van der Waals surface area contributed by atoms with E-state index in [2.05, 4.69) is 27.8 Å². The molecule has 0 unspecified atom stereocenters. The Balaban J connectivity index is 2.88. The number of benzene rings is 1. The molecule has 0 aliphatic rings. The van der Waals surface area contributed by atoms with Gasteiger partial charge in [0, 0.05) is 16.7 Å². The minimum absolute atomic E-state index is 0.258. The van der Waals surface area contributed by atoms with E-state index < -0.39 is 5.97 Å². The van der Waals surface area contributed by atoms with E-state index in [1.54, 1.807) is 24.3 Å². The van der Waals surface area contributed by atoms with Crippen LogP contribution in [0.3, 0.4) is 0 Å². The number of carboxylic acid groups (broad SMARTS) is 1. The van der Waals surface area contributed by atoms with Crippen molar-refractivity contribution in [2.75, 3.05) is 11.9 Å². The summed E-state index contributed by atoms with van der Waals surface area (Å²) in [7, 11) is 0. The van der Waals surface area contributed by atoms with E-state index in [0.29, 0.717) is 11.0 Å². The van der Waals surface area contributed by atoms with Gasteiger partial charge in [-0.3, -0.25) is 0 Å². The smallest absolute Gasteiger partial charge is 0.336 e. The molecule has 0 saturated heterocycles. The van der Waals surface area contributed by atoms with Gasteiger partial charge in [0.2, 0.25) is 0 Å². The first-order chi connectivity index (χ1) is 6.65. The Bertz CT molecular complexity index is 363. The maximum absolute atomic E-state index is 10.7. The van der Waals surface area contributed by atoms with Gasteiger partial charge in [-0.2, -0.15) is 0 Å². The number of carbonyl (C=O) groups is 1. The fourth-order valence-corrected chi connectivity index (χ4v) is 1.54. The maximum Gasteiger partial charge on any atom is 0.336 e. The normalized spacial score (nSPS) is 9.50. The summed E-state index contributed by atoms with van der Waals surface area (Å²) in [6, 6.07) is 5.00. The van der Waals surface area contributed by atoms with Crippen LogP contribution in [-0.2, 0) is 0 Å². The summed E-state index contributed by atoms with van der Waals surface area (Å²) in [5, 5.41) is 11.8. The fourth-order valence-electron chi connectivity index (χ4n) is 0.989. The molecule has 4 heteroatoms. The Kier molecular flexibility index (Phi) is 3.71. The van der Waals surface area contributed by atoms with Gasteiger partial charge in [-0.05, 0) is 34.1 Å². The summed E-state index contributed by atoms with van der Waals surface area (Å²) >= 11 is 3.19. The monoisotopic (exact) mass is 255 g/mol. The zero-order valence-electron chi connectivity index (χ0n) is 7.46. The standard InChI is InChI=1S/C10H10BrNO2/c1-2-5-12-7-3-4-8(10(13)14)9(11)6-7/h2-4,6,12H,1,5H2,(H,13,14). The molecule has 0 aromatic heterocycles. The Labute approximate surface area is 90.6 Å². The maximum atomic E-state index is 10.7. The van der Waals surface area contributed by atoms with E-state index in [1.807, 2.05) is 0 Å². The minimum Gasteiger partial charge on any atom is -0.478 e. The van der Waals surface area contributed by atoms with Crippen LogP contribution in [0, 0.1) is 0 Å². The predicted molar refractivity (Wildman–Crippen MR) is 59.8 cm³/mol. The Morgan fingerprint density at radius 3 is 2.86 bits per heavy atom. The number of anilines is 1. The van der Waals surface area contributed by atoms with Crippen LogP contribution in [0.25, 0.3) is 0 Å². The third-order valence-corrected chi connectivity index (χ3v) is 2.31. The zero-order chi connectivity index (χ0) is 10.6. The lowest BCUT2D eigenvalue weighted by Crippen LogP contribution is -2.01. The van der Waals surface area contributed by atoms with Crippen molar-refractivity contribution in [2.45, 2.75) is 0 Å². The van der Waals surface area contributed by atoms with E-state index in [-0.39, 0.29) is 5.56 Å². The molecule has 0 bridgehead atoms. The molecule has 0 spiro atoms. The highest BCUT2D eigenvalue weighted by atomic mass is 79.9. The lowest BCUT2D eigenvalue weighted by Gasteiger charge is -2.05. The molecular formula is C10H10BrNO2. The van der Waals surface area contributed by atoms with Gasteiger partial charge in [0.1, 0.15) is 0 Å². The second-order valence-corrected chi connectivity index (χ2v) is 3.52. The molecule has 0 fully saturated rings. The van der Waals surface area contributed by atoms with Crippen molar-refractivity contribution in [3.63, 3.8) is 0 Å². The van der Waals surface area contributed by atoms with Crippen LogP contribution < -0.4 is 5.32 Å². The minimum atomic E-state index is -0.938. The van der Waals surface area contributed by atoms with Gasteiger partial charge in [0.05, 0.1) is 5.56 Å². The second kappa shape index (κ2) is 4.81. The highest BCUT2D eigenvalue weighted by molar-refractivity contribution is 9.10. The second-order valence-electron chi connectivity index (χ2n) is 2.67. The van der Waals surface area contributed by atoms with Gasteiger partial charge in [0.25, 0.3) is 0 Å². The molecule has 0 radical (unpaired) electrons. The fraction of sp³-hybridized carbons (Fsp3) is 0.100. The van der Waals surface area contributed by atoms with Crippen LogP contribution in [0.15, 0.2) is 35.3 Å². The molecule has 0 aliphatic carbocycles. The molecule has 14 heavy (non-hydrogen) atoms. The van der Waals surface area contributed by atoms with Gasteiger partial charge in [-0.15, -0.1) is 6.58 Å². The first-order valence-corrected chi connectivity index (χ1v) is 4.82. The highest BCUT2D eigenvalue weighted by Gasteiger charge is 2.07. The van der Waals surface area contributed by atoms with Crippen LogP contribution in [-0.4, -0.2) is 17.6 Å². The average molecular weight is 256 g/mol.